The summed E-state index contributed by atoms with van der Waals surface area (Å²) in [5.41, 5.74) is 1.80. The Balaban J connectivity index is 1.78. The number of hydrogen-bond acceptors (Lipinski definition) is 4. The van der Waals surface area contributed by atoms with Gasteiger partial charge in [-0.15, -0.1) is 0 Å². The van der Waals surface area contributed by atoms with Gasteiger partial charge in [0.15, 0.2) is 9.84 Å². The van der Waals surface area contributed by atoms with E-state index in [1.807, 2.05) is 0 Å². The molecule has 0 radical (unpaired) electrons. The summed E-state index contributed by atoms with van der Waals surface area (Å²) in [7, 11) is -3.54. The van der Waals surface area contributed by atoms with E-state index in [1.165, 1.54) is 6.08 Å². The van der Waals surface area contributed by atoms with Crippen molar-refractivity contribution in [1.29, 1.82) is 0 Å². The SMILES string of the molecule is NC1=CCC(SC(F)(F)F)(C2CCC(S(=O)(=O)c3ccccc3Br)CC2)C=C1. The zero-order valence-electron chi connectivity index (χ0n) is 15.0. The maximum Gasteiger partial charge on any atom is 0.442 e. The molecule has 2 aliphatic carbocycles. The van der Waals surface area contributed by atoms with Gasteiger partial charge in [-0.1, -0.05) is 24.3 Å². The zero-order chi connectivity index (χ0) is 20.6. The van der Waals surface area contributed by atoms with E-state index in [9.17, 15) is 21.6 Å². The lowest BCUT2D eigenvalue weighted by atomic mass is 9.76. The molecule has 154 valence electrons. The molecule has 1 atom stereocenters. The lowest BCUT2D eigenvalue weighted by Crippen LogP contribution is -2.40. The third-order valence-corrected chi connectivity index (χ3v) is 9.99. The molecule has 28 heavy (non-hydrogen) atoms. The first-order valence-electron chi connectivity index (χ1n) is 8.94. The quantitative estimate of drug-likeness (QED) is 0.592. The lowest BCUT2D eigenvalue weighted by molar-refractivity contribution is -0.0346. The van der Waals surface area contributed by atoms with E-state index in [4.69, 9.17) is 5.73 Å². The fourth-order valence-electron chi connectivity index (χ4n) is 4.04. The maximum absolute atomic E-state index is 13.2. The van der Waals surface area contributed by atoms with Gasteiger partial charge in [-0.3, -0.25) is 0 Å². The van der Waals surface area contributed by atoms with Crippen molar-refractivity contribution < 1.29 is 21.6 Å². The van der Waals surface area contributed by atoms with E-state index in [-0.39, 0.29) is 29.0 Å². The Bertz CT molecular complexity index is 891. The third kappa shape index (κ3) is 4.62. The standard InChI is InChI=1S/C19H21BrF3NO2S2/c20-16-3-1-2-4-17(16)28(25,26)15-7-5-13(6-8-15)18(27-19(21,22)23)11-9-14(24)10-12-18/h1-4,9-11,13,15H,5-8,12,24H2. The van der Waals surface area contributed by atoms with E-state index in [1.54, 1.807) is 36.4 Å². The average molecular weight is 496 g/mol. The average Bonchev–Trinajstić information content (AvgIpc) is 2.63. The fourth-order valence-corrected chi connectivity index (χ4v) is 8.00. The van der Waals surface area contributed by atoms with Crippen molar-refractivity contribution >= 4 is 37.5 Å². The number of halogens is 4. The van der Waals surface area contributed by atoms with Gasteiger partial charge in [-0.2, -0.15) is 13.2 Å². The topological polar surface area (TPSA) is 60.2 Å². The van der Waals surface area contributed by atoms with Crippen LogP contribution in [0.3, 0.4) is 0 Å². The second-order valence-electron chi connectivity index (χ2n) is 7.19. The summed E-state index contributed by atoms with van der Waals surface area (Å²) in [4.78, 5) is 0.242. The summed E-state index contributed by atoms with van der Waals surface area (Å²) in [5.74, 6) is -0.259. The van der Waals surface area contributed by atoms with Crippen LogP contribution in [-0.2, 0) is 9.84 Å². The second-order valence-corrected chi connectivity index (χ2v) is 11.7. The highest BCUT2D eigenvalue weighted by molar-refractivity contribution is 9.10. The summed E-state index contributed by atoms with van der Waals surface area (Å²) in [5, 5.41) is -0.580. The van der Waals surface area contributed by atoms with E-state index in [0.29, 0.717) is 35.9 Å². The normalized spacial score (nSPS) is 28.8. The van der Waals surface area contributed by atoms with Gasteiger partial charge >= 0.3 is 5.51 Å². The number of nitrogens with two attached hydrogens (primary N) is 1. The number of sulfone groups is 1. The molecule has 0 aliphatic heterocycles. The molecule has 0 aromatic heterocycles. The molecule has 3 rings (SSSR count). The van der Waals surface area contributed by atoms with Crippen molar-refractivity contribution in [3.05, 3.63) is 52.7 Å². The number of alkyl halides is 3. The minimum Gasteiger partial charge on any atom is -0.399 e. The molecular weight excluding hydrogens is 475 g/mol. The predicted molar refractivity (Wildman–Crippen MR) is 109 cm³/mol. The molecule has 0 amide bonds. The molecule has 9 heteroatoms. The summed E-state index contributed by atoms with van der Waals surface area (Å²) < 4.78 is 65.1. The molecule has 2 N–H and O–H groups in total. The first-order valence-corrected chi connectivity index (χ1v) is 12.1. The molecule has 2 aliphatic rings. The molecule has 0 heterocycles. The minimum atomic E-state index is -4.37. The molecular formula is C19H21BrF3NO2S2. The molecule has 3 nitrogen and oxygen atoms in total. The smallest absolute Gasteiger partial charge is 0.399 e. The monoisotopic (exact) mass is 495 g/mol. The predicted octanol–water partition coefficient (Wildman–Crippen LogP) is 5.58. The van der Waals surface area contributed by atoms with Gasteiger partial charge in [0.1, 0.15) is 0 Å². The Hall–Kier alpha value is -0.930. The molecule has 0 saturated heterocycles. The molecule has 1 fully saturated rings. The molecule has 1 unspecified atom stereocenters. The Kier molecular flexibility index (Phi) is 6.27. The van der Waals surface area contributed by atoms with Crippen LogP contribution in [0, 0.1) is 5.92 Å². The van der Waals surface area contributed by atoms with Crippen molar-refractivity contribution in [3.63, 3.8) is 0 Å². The summed E-state index contributed by atoms with van der Waals surface area (Å²) >= 11 is 3.28. The third-order valence-electron chi connectivity index (χ3n) is 5.47. The molecule has 0 bridgehead atoms. The first kappa shape index (κ1) is 21.8. The molecule has 1 aromatic rings. The van der Waals surface area contributed by atoms with Crippen LogP contribution in [0.2, 0.25) is 0 Å². The van der Waals surface area contributed by atoms with Crippen LogP contribution in [0.4, 0.5) is 13.2 Å². The summed E-state index contributed by atoms with van der Waals surface area (Å²) in [6, 6.07) is 6.65. The number of thioether (sulfide) groups is 1. The van der Waals surface area contributed by atoms with Crippen LogP contribution in [0.25, 0.3) is 0 Å². The van der Waals surface area contributed by atoms with E-state index in [0.717, 1.165) is 0 Å². The van der Waals surface area contributed by atoms with Gasteiger partial charge < -0.3 is 5.73 Å². The van der Waals surface area contributed by atoms with Crippen molar-refractivity contribution in [3.8, 4) is 0 Å². The zero-order valence-corrected chi connectivity index (χ0v) is 18.2. The van der Waals surface area contributed by atoms with Crippen molar-refractivity contribution in [1.82, 2.24) is 0 Å². The van der Waals surface area contributed by atoms with Crippen LogP contribution < -0.4 is 5.73 Å². The number of hydrogen-bond donors (Lipinski definition) is 1. The number of rotatable bonds is 4. The van der Waals surface area contributed by atoms with E-state index >= 15 is 0 Å². The first-order chi connectivity index (χ1) is 13.0. The second kappa shape index (κ2) is 8.07. The van der Waals surface area contributed by atoms with Crippen LogP contribution in [0.15, 0.2) is 57.6 Å². The lowest BCUT2D eigenvalue weighted by Gasteiger charge is -2.42. The van der Waals surface area contributed by atoms with Gasteiger partial charge in [0, 0.05) is 14.9 Å². The maximum atomic E-state index is 13.2. The Morgan fingerprint density at radius 2 is 1.79 bits per heavy atom. The molecule has 1 aromatic carbocycles. The Morgan fingerprint density at radius 1 is 1.14 bits per heavy atom. The van der Waals surface area contributed by atoms with Gasteiger partial charge in [0.2, 0.25) is 0 Å². The van der Waals surface area contributed by atoms with Crippen LogP contribution >= 0.6 is 27.7 Å². The highest BCUT2D eigenvalue weighted by atomic mass is 79.9. The summed E-state index contributed by atoms with van der Waals surface area (Å²) in [6.45, 7) is 0. The summed E-state index contributed by atoms with van der Waals surface area (Å²) in [6.07, 6.45) is 6.47. The van der Waals surface area contributed by atoms with Crippen molar-refractivity contribution in [2.45, 2.75) is 52.5 Å². The van der Waals surface area contributed by atoms with Crippen molar-refractivity contribution in [2.75, 3.05) is 0 Å². The minimum absolute atomic E-state index is 0.00264. The van der Waals surface area contributed by atoms with Gasteiger partial charge in [0.05, 0.1) is 10.1 Å². The number of allylic oxidation sites excluding steroid dienone is 2. The molecule has 0 spiro atoms. The number of benzene rings is 1. The fraction of sp³-hybridized carbons (Fsp3) is 0.474. The van der Waals surface area contributed by atoms with Gasteiger partial charge in [0.25, 0.3) is 0 Å². The van der Waals surface area contributed by atoms with E-state index < -0.39 is 25.3 Å². The highest BCUT2D eigenvalue weighted by Crippen LogP contribution is 2.53. The van der Waals surface area contributed by atoms with Crippen LogP contribution in [0.1, 0.15) is 32.1 Å². The van der Waals surface area contributed by atoms with Gasteiger partial charge in [-0.05, 0) is 83.9 Å². The Labute approximate surface area is 175 Å². The highest BCUT2D eigenvalue weighted by Gasteiger charge is 2.48. The largest absolute Gasteiger partial charge is 0.442 e. The van der Waals surface area contributed by atoms with Gasteiger partial charge in [-0.25, -0.2) is 8.42 Å². The van der Waals surface area contributed by atoms with Crippen LogP contribution in [0.5, 0.6) is 0 Å². The van der Waals surface area contributed by atoms with Crippen LogP contribution in [-0.4, -0.2) is 23.9 Å². The Morgan fingerprint density at radius 3 is 2.32 bits per heavy atom. The molecule has 1 saturated carbocycles. The van der Waals surface area contributed by atoms with Crippen molar-refractivity contribution in [2.24, 2.45) is 11.7 Å². The van der Waals surface area contributed by atoms with E-state index in [2.05, 4.69) is 15.9 Å².